The zero-order valence-corrected chi connectivity index (χ0v) is 17.8. The van der Waals surface area contributed by atoms with Gasteiger partial charge in [0, 0.05) is 41.3 Å². The highest BCUT2D eigenvalue weighted by molar-refractivity contribution is 6.09. The summed E-state index contributed by atoms with van der Waals surface area (Å²) < 4.78 is 5.31. The van der Waals surface area contributed by atoms with Crippen LogP contribution >= 0.6 is 0 Å². The molecule has 2 heterocycles. The smallest absolute Gasteiger partial charge is 0.311 e. The van der Waals surface area contributed by atoms with Gasteiger partial charge in [0.1, 0.15) is 0 Å². The summed E-state index contributed by atoms with van der Waals surface area (Å²) in [7, 11) is 0. The van der Waals surface area contributed by atoms with Crippen molar-refractivity contribution in [1.29, 1.82) is 0 Å². The van der Waals surface area contributed by atoms with Crippen molar-refractivity contribution in [3.05, 3.63) is 65.9 Å². The van der Waals surface area contributed by atoms with Gasteiger partial charge in [0.25, 0.3) is 0 Å². The summed E-state index contributed by atoms with van der Waals surface area (Å²) in [4.78, 5) is 42.6. The van der Waals surface area contributed by atoms with Gasteiger partial charge in [-0.25, -0.2) is 0 Å². The number of hydrogen-bond acceptors (Lipinski definition) is 4. The fraction of sp³-hybridized carbons (Fsp3) is 0.320. The Morgan fingerprint density at radius 1 is 1.16 bits per heavy atom. The van der Waals surface area contributed by atoms with E-state index in [1.807, 2.05) is 48.5 Å². The van der Waals surface area contributed by atoms with Gasteiger partial charge in [-0.3, -0.25) is 14.4 Å². The number of rotatable bonds is 7. The third kappa shape index (κ3) is 4.10. The molecule has 6 nitrogen and oxygen atoms in total. The molecule has 0 bridgehead atoms. The standard InChI is InChI=1S/C25H26N2O4/c1-3-16(2)18-8-5-7-11-22(18)27-14-17(12-24(27)29)25(30)31-15-23(28)20-13-26-21-10-6-4-9-19(20)21/h4-11,13,16-17,26H,3,12,14-15H2,1-2H3/t16-,17+/m0/s1. The molecule has 0 saturated carbocycles. The van der Waals surface area contributed by atoms with E-state index in [9.17, 15) is 14.4 Å². The average molecular weight is 418 g/mol. The molecule has 0 aliphatic carbocycles. The lowest BCUT2D eigenvalue weighted by Crippen LogP contribution is -2.28. The van der Waals surface area contributed by atoms with E-state index in [4.69, 9.17) is 4.74 Å². The number of nitrogens with one attached hydrogen (secondary N) is 1. The molecule has 31 heavy (non-hydrogen) atoms. The Morgan fingerprint density at radius 3 is 2.71 bits per heavy atom. The van der Waals surface area contributed by atoms with Gasteiger partial charge in [-0.2, -0.15) is 0 Å². The molecule has 1 saturated heterocycles. The molecule has 1 aliphatic rings. The summed E-state index contributed by atoms with van der Waals surface area (Å²) in [6.45, 7) is 4.17. The molecular formula is C25H26N2O4. The predicted molar refractivity (Wildman–Crippen MR) is 119 cm³/mol. The molecule has 3 aromatic rings. The number of ketones is 1. The second kappa shape index (κ2) is 8.76. The van der Waals surface area contributed by atoms with E-state index in [1.54, 1.807) is 11.1 Å². The number of esters is 1. The maximum atomic E-state index is 12.7. The number of aromatic amines is 1. The Balaban J connectivity index is 1.42. The van der Waals surface area contributed by atoms with Crippen molar-refractivity contribution in [1.82, 2.24) is 4.98 Å². The van der Waals surface area contributed by atoms with Crippen LogP contribution in [0.3, 0.4) is 0 Å². The first-order valence-electron chi connectivity index (χ1n) is 10.6. The van der Waals surface area contributed by atoms with Gasteiger partial charge in [-0.1, -0.05) is 50.2 Å². The summed E-state index contributed by atoms with van der Waals surface area (Å²) in [5.74, 6) is -1.14. The average Bonchev–Trinajstić information content (AvgIpc) is 3.40. The SMILES string of the molecule is CC[C@H](C)c1ccccc1N1C[C@H](C(=O)OCC(=O)c2c[nH]c3ccccc23)CC1=O. The van der Waals surface area contributed by atoms with Crippen LogP contribution in [-0.2, 0) is 14.3 Å². The molecule has 0 unspecified atom stereocenters. The van der Waals surface area contributed by atoms with E-state index >= 15 is 0 Å². The minimum Gasteiger partial charge on any atom is -0.457 e. The van der Waals surface area contributed by atoms with Gasteiger partial charge in [-0.15, -0.1) is 0 Å². The Hall–Kier alpha value is -3.41. The second-order valence-electron chi connectivity index (χ2n) is 8.05. The van der Waals surface area contributed by atoms with Gasteiger partial charge in [0.2, 0.25) is 11.7 Å². The van der Waals surface area contributed by atoms with Crippen molar-refractivity contribution in [3.8, 4) is 0 Å². The number of amides is 1. The van der Waals surface area contributed by atoms with E-state index in [0.29, 0.717) is 11.5 Å². The first-order chi connectivity index (χ1) is 15.0. The minimum absolute atomic E-state index is 0.0922. The molecule has 1 N–H and O–H groups in total. The van der Waals surface area contributed by atoms with Crippen LogP contribution in [0.25, 0.3) is 10.9 Å². The quantitative estimate of drug-likeness (QED) is 0.454. The number of H-pyrrole nitrogens is 1. The van der Waals surface area contributed by atoms with Crippen molar-refractivity contribution in [2.24, 2.45) is 5.92 Å². The van der Waals surface area contributed by atoms with E-state index in [1.165, 1.54) is 0 Å². The summed E-state index contributed by atoms with van der Waals surface area (Å²) in [6, 6.07) is 15.3. The number of anilines is 1. The normalized spacial score (nSPS) is 17.2. The van der Waals surface area contributed by atoms with Gasteiger partial charge in [-0.05, 0) is 30.0 Å². The number of hydrogen-bond donors (Lipinski definition) is 1. The van der Waals surface area contributed by atoms with Crippen molar-refractivity contribution >= 4 is 34.3 Å². The zero-order valence-electron chi connectivity index (χ0n) is 17.8. The van der Waals surface area contributed by atoms with Gasteiger partial charge in [0.05, 0.1) is 5.92 Å². The van der Waals surface area contributed by atoms with E-state index in [-0.39, 0.29) is 31.3 Å². The Labute approximate surface area is 181 Å². The fourth-order valence-corrected chi connectivity index (χ4v) is 4.10. The predicted octanol–water partition coefficient (Wildman–Crippen LogP) is 4.46. The maximum absolute atomic E-state index is 12.7. The number of Topliss-reactive ketones (excluding diaryl/α,β-unsaturated/α-hetero) is 1. The van der Waals surface area contributed by atoms with Crippen LogP contribution in [0, 0.1) is 5.92 Å². The van der Waals surface area contributed by atoms with Gasteiger partial charge in [0.15, 0.2) is 6.61 Å². The number of carbonyl (C=O) groups excluding carboxylic acids is 3. The molecule has 6 heteroatoms. The second-order valence-corrected chi connectivity index (χ2v) is 8.05. The van der Waals surface area contributed by atoms with Crippen LogP contribution in [-0.4, -0.2) is 35.8 Å². The highest BCUT2D eigenvalue weighted by Crippen LogP contribution is 2.33. The number of ether oxygens (including phenoxy) is 1. The number of aromatic nitrogens is 1. The third-order valence-corrected chi connectivity index (χ3v) is 6.06. The lowest BCUT2D eigenvalue weighted by Gasteiger charge is -2.23. The molecule has 4 rings (SSSR count). The molecule has 1 amide bonds. The van der Waals surface area contributed by atoms with Crippen molar-refractivity contribution in [2.45, 2.75) is 32.6 Å². The third-order valence-electron chi connectivity index (χ3n) is 6.06. The fourth-order valence-electron chi connectivity index (χ4n) is 4.10. The molecule has 0 radical (unpaired) electrons. The summed E-state index contributed by atoms with van der Waals surface area (Å²) in [5.41, 5.74) is 3.30. The van der Waals surface area contributed by atoms with Crippen LogP contribution in [0.1, 0.15) is 48.5 Å². The topological polar surface area (TPSA) is 79.5 Å². The Kier molecular flexibility index (Phi) is 5.89. The largest absolute Gasteiger partial charge is 0.457 e. The molecule has 2 aromatic carbocycles. The number of carbonyl (C=O) groups is 3. The van der Waals surface area contributed by atoms with Crippen molar-refractivity contribution in [2.75, 3.05) is 18.1 Å². The summed E-state index contributed by atoms with van der Waals surface area (Å²) in [6.07, 6.45) is 2.68. The summed E-state index contributed by atoms with van der Waals surface area (Å²) >= 11 is 0. The monoisotopic (exact) mass is 418 g/mol. The lowest BCUT2D eigenvalue weighted by molar-refractivity contribution is -0.147. The molecule has 1 fully saturated rings. The number of benzene rings is 2. The van der Waals surface area contributed by atoms with E-state index in [2.05, 4.69) is 18.8 Å². The van der Waals surface area contributed by atoms with E-state index < -0.39 is 11.9 Å². The van der Waals surface area contributed by atoms with Crippen molar-refractivity contribution in [3.63, 3.8) is 0 Å². The first-order valence-corrected chi connectivity index (χ1v) is 10.6. The minimum atomic E-state index is -0.576. The van der Waals surface area contributed by atoms with Gasteiger partial charge >= 0.3 is 5.97 Å². The first kappa shape index (κ1) is 20.8. The van der Waals surface area contributed by atoms with Crippen LogP contribution in [0.2, 0.25) is 0 Å². The lowest BCUT2D eigenvalue weighted by atomic mass is 9.96. The van der Waals surface area contributed by atoms with Gasteiger partial charge < -0.3 is 14.6 Å². The van der Waals surface area contributed by atoms with Crippen molar-refractivity contribution < 1.29 is 19.1 Å². The number of para-hydroxylation sites is 2. The van der Waals surface area contributed by atoms with Crippen LogP contribution in [0.5, 0.6) is 0 Å². The molecule has 160 valence electrons. The summed E-state index contributed by atoms with van der Waals surface area (Å²) in [5, 5.41) is 0.799. The number of fused-ring (bicyclic) bond motifs is 1. The highest BCUT2D eigenvalue weighted by atomic mass is 16.5. The van der Waals surface area contributed by atoms with Crippen LogP contribution in [0.4, 0.5) is 5.69 Å². The van der Waals surface area contributed by atoms with Crippen LogP contribution < -0.4 is 4.90 Å². The molecule has 0 spiro atoms. The van der Waals surface area contributed by atoms with Crippen LogP contribution in [0.15, 0.2) is 54.7 Å². The highest BCUT2D eigenvalue weighted by Gasteiger charge is 2.37. The molecule has 1 aliphatic heterocycles. The molecule has 1 aromatic heterocycles. The Morgan fingerprint density at radius 2 is 1.90 bits per heavy atom. The maximum Gasteiger partial charge on any atom is 0.311 e. The molecular weight excluding hydrogens is 392 g/mol. The Bertz CT molecular complexity index is 1130. The molecule has 2 atom stereocenters. The zero-order chi connectivity index (χ0) is 22.0. The van der Waals surface area contributed by atoms with E-state index in [0.717, 1.165) is 28.6 Å². The number of nitrogens with zero attached hydrogens (tertiary/aromatic N) is 1.